The molecule has 0 aliphatic rings. The van der Waals surface area contributed by atoms with Gasteiger partial charge in [0.2, 0.25) is 0 Å². The lowest BCUT2D eigenvalue weighted by Crippen LogP contribution is -2.00. The minimum atomic E-state index is 0.377. The maximum Gasteiger partial charge on any atom is 0.134 e. The number of nitrogens with one attached hydrogen (secondary N) is 1. The Morgan fingerprint density at radius 3 is 2.89 bits per heavy atom. The SMILES string of the molecule is CC(C)n1cc(NCc2cc3ccccc3o2)cn1. The van der Waals surface area contributed by atoms with Gasteiger partial charge in [-0.05, 0) is 26.0 Å². The van der Waals surface area contributed by atoms with Gasteiger partial charge < -0.3 is 9.73 Å². The van der Waals surface area contributed by atoms with Gasteiger partial charge in [0.05, 0.1) is 18.4 Å². The number of hydrogen-bond donors (Lipinski definition) is 1. The molecule has 0 bridgehead atoms. The molecule has 0 saturated heterocycles. The van der Waals surface area contributed by atoms with Gasteiger partial charge >= 0.3 is 0 Å². The van der Waals surface area contributed by atoms with Gasteiger partial charge in [0.25, 0.3) is 0 Å². The molecule has 0 fully saturated rings. The number of nitrogens with zero attached hydrogens (tertiary/aromatic N) is 2. The van der Waals surface area contributed by atoms with Crippen molar-refractivity contribution in [2.24, 2.45) is 0 Å². The minimum Gasteiger partial charge on any atom is -0.459 e. The summed E-state index contributed by atoms with van der Waals surface area (Å²) in [5, 5.41) is 8.75. The first-order valence-electron chi connectivity index (χ1n) is 6.48. The lowest BCUT2D eigenvalue weighted by molar-refractivity contribution is 0.532. The highest BCUT2D eigenvalue weighted by molar-refractivity contribution is 5.77. The van der Waals surface area contributed by atoms with E-state index in [-0.39, 0.29) is 0 Å². The van der Waals surface area contributed by atoms with Crippen molar-refractivity contribution in [3.8, 4) is 0 Å². The largest absolute Gasteiger partial charge is 0.459 e. The molecule has 0 radical (unpaired) electrons. The topological polar surface area (TPSA) is 43.0 Å². The van der Waals surface area contributed by atoms with Crippen LogP contribution in [-0.2, 0) is 6.54 Å². The molecule has 3 rings (SSSR count). The highest BCUT2D eigenvalue weighted by Crippen LogP contribution is 2.20. The molecule has 19 heavy (non-hydrogen) atoms. The Morgan fingerprint density at radius 2 is 2.16 bits per heavy atom. The zero-order valence-corrected chi connectivity index (χ0v) is 11.1. The summed E-state index contributed by atoms with van der Waals surface area (Å²) in [5.41, 5.74) is 1.94. The molecule has 2 aromatic heterocycles. The van der Waals surface area contributed by atoms with E-state index in [0.717, 1.165) is 22.4 Å². The summed E-state index contributed by atoms with van der Waals surface area (Å²) in [6.45, 7) is 4.88. The molecule has 0 amide bonds. The number of furan rings is 1. The molecule has 98 valence electrons. The fourth-order valence-electron chi connectivity index (χ4n) is 2.02. The van der Waals surface area contributed by atoms with Crippen molar-refractivity contribution in [3.63, 3.8) is 0 Å². The number of hydrogen-bond acceptors (Lipinski definition) is 3. The van der Waals surface area contributed by atoms with Crippen LogP contribution in [0.15, 0.2) is 47.1 Å². The molecule has 4 nitrogen and oxygen atoms in total. The Labute approximate surface area is 112 Å². The lowest BCUT2D eigenvalue weighted by Gasteiger charge is -2.03. The molecule has 1 N–H and O–H groups in total. The highest BCUT2D eigenvalue weighted by Gasteiger charge is 2.04. The summed E-state index contributed by atoms with van der Waals surface area (Å²) in [5.74, 6) is 0.929. The Bertz CT molecular complexity index is 648. The molecular weight excluding hydrogens is 238 g/mol. The van der Waals surface area contributed by atoms with Crippen molar-refractivity contribution in [1.29, 1.82) is 0 Å². The monoisotopic (exact) mass is 255 g/mol. The van der Waals surface area contributed by atoms with Crippen LogP contribution in [0.25, 0.3) is 11.0 Å². The van der Waals surface area contributed by atoms with Gasteiger partial charge in [-0.25, -0.2) is 0 Å². The predicted octanol–water partition coefficient (Wildman–Crippen LogP) is 3.82. The molecule has 4 heteroatoms. The van der Waals surface area contributed by atoms with E-state index in [1.807, 2.05) is 35.3 Å². The average molecular weight is 255 g/mol. The van der Waals surface area contributed by atoms with Crippen LogP contribution in [0.1, 0.15) is 25.6 Å². The fourth-order valence-corrected chi connectivity index (χ4v) is 2.02. The zero-order valence-electron chi connectivity index (χ0n) is 11.1. The normalized spacial score (nSPS) is 11.3. The first-order valence-corrected chi connectivity index (χ1v) is 6.48. The quantitative estimate of drug-likeness (QED) is 0.770. The van der Waals surface area contributed by atoms with E-state index in [1.54, 1.807) is 0 Å². The molecule has 0 atom stereocenters. The van der Waals surface area contributed by atoms with E-state index in [9.17, 15) is 0 Å². The van der Waals surface area contributed by atoms with Crippen LogP contribution in [0.2, 0.25) is 0 Å². The first-order chi connectivity index (χ1) is 9.22. The fraction of sp³-hybridized carbons (Fsp3) is 0.267. The van der Waals surface area contributed by atoms with Gasteiger partial charge in [-0.2, -0.15) is 5.10 Å². The van der Waals surface area contributed by atoms with Crippen molar-refractivity contribution < 1.29 is 4.42 Å². The zero-order chi connectivity index (χ0) is 13.2. The third-order valence-corrected chi connectivity index (χ3v) is 3.07. The summed E-state index contributed by atoms with van der Waals surface area (Å²) in [7, 11) is 0. The van der Waals surface area contributed by atoms with Crippen LogP contribution >= 0.6 is 0 Å². The summed E-state index contributed by atoms with van der Waals surface area (Å²) in [6, 6.07) is 10.5. The van der Waals surface area contributed by atoms with Crippen LogP contribution in [0.5, 0.6) is 0 Å². The third kappa shape index (κ3) is 2.47. The number of aromatic nitrogens is 2. The second-order valence-corrected chi connectivity index (χ2v) is 4.91. The second-order valence-electron chi connectivity index (χ2n) is 4.91. The van der Waals surface area contributed by atoms with E-state index >= 15 is 0 Å². The van der Waals surface area contributed by atoms with Crippen molar-refractivity contribution in [2.45, 2.75) is 26.4 Å². The number of benzene rings is 1. The van der Waals surface area contributed by atoms with Crippen LogP contribution in [-0.4, -0.2) is 9.78 Å². The van der Waals surface area contributed by atoms with E-state index < -0.39 is 0 Å². The maximum atomic E-state index is 5.75. The van der Waals surface area contributed by atoms with Crippen molar-refractivity contribution in [3.05, 3.63) is 48.5 Å². The summed E-state index contributed by atoms with van der Waals surface area (Å²) in [6.07, 6.45) is 3.84. The van der Waals surface area contributed by atoms with Gasteiger partial charge in [-0.3, -0.25) is 4.68 Å². The van der Waals surface area contributed by atoms with Crippen LogP contribution in [0.4, 0.5) is 5.69 Å². The number of anilines is 1. The molecule has 0 spiro atoms. The Morgan fingerprint density at radius 1 is 1.32 bits per heavy atom. The highest BCUT2D eigenvalue weighted by atomic mass is 16.3. The molecule has 0 aliphatic heterocycles. The number of fused-ring (bicyclic) bond motifs is 1. The van der Waals surface area contributed by atoms with Gasteiger partial charge in [0, 0.05) is 17.6 Å². The molecule has 2 heterocycles. The summed E-state index contributed by atoms with van der Waals surface area (Å²) < 4.78 is 7.69. The lowest BCUT2D eigenvalue weighted by atomic mass is 10.2. The molecular formula is C15H17N3O. The van der Waals surface area contributed by atoms with Crippen LogP contribution in [0, 0.1) is 0 Å². The summed E-state index contributed by atoms with van der Waals surface area (Å²) in [4.78, 5) is 0. The smallest absolute Gasteiger partial charge is 0.134 e. The molecule has 0 saturated carbocycles. The Balaban J connectivity index is 1.71. The van der Waals surface area contributed by atoms with E-state index in [1.165, 1.54) is 0 Å². The molecule has 0 aliphatic carbocycles. The molecule has 1 aromatic carbocycles. The van der Waals surface area contributed by atoms with Crippen molar-refractivity contribution in [2.75, 3.05) is 5.32 Å². The van der Waals surface area contributed by atoms with E-state index in [0.29, 0.717) is 12.6 Å². The maximum absolute atomic E-state index is 5.75. The van der Waals surface area contributed by atoms with Crippen molar-refractivity contribution >= 4 is 16.7 Å². The van der Waals surface area contributed by atoms with E-state index in [4.69, 9.17) is 4.42 Å². The third-order valence-electron chi connectivity index (χ3n) is 3.07. The standard InChI is InChI=1S/C15H17N3O/c1-11(2)18-10-13(8-17-18)16-9-14-7-12-5-3-4-6-15(12)19-14/h3-8,10-11,16H,9H2,1-2H3. The number of rotatable bonds is 4. The van der Waals surface area contributed by atoms with Crippen LogP contribution < -0.4 is 5.32 Å². The van der Waals surface area contributed by atoms with Gasteiger partial charge in [-0.1, -0.05) is 18.2 Å². The number of para-hydroxylation sites is 1. The predicted molar refractivity (Wildman–Crippen MR) is 76.2 cm³/mol. The van der Waals surface area contributed by atoms with Gasteiger partial charge in [-0.15, -0.1) is 0 Å². The molecule has 0 unspecified atom stereocenters. The van der Waals surface area contributed by atoms with Gasteiger partial charge in [0.1, 0.15) is 11.3 Å². The first kappa shape index (κ1) is 11.8. The van der Waals surface area contributed by atoms with Gasteiger partial charge in [0.15, 0.2) is 0 Å². The average Bonchev–Trinajstić information content (AvgIpc) is 3.02. The van der Waals surface area contributed by atoms with Crippen molar-refractivity contribution in [1.82, 2.24) is 9.78 Å². The van der Waals surface area contributed by atoms with Crippen LogP contribution in [0.3, 0.4) is 0 Å². The Hall–Kier alpha value is -2.23. The molecule has 3 aromatic rings. The minimum absolute atomic E-state index is 0.377. The Kier molecular flexibility index (Phi) is 2.99. The second kappa shape index (κ2) is 4.80. The summed E-state index contributed by atoms with van der Waals surface area (Å²) >= 11 is 0. The van der Waals surface area contributed by atoms with E-state index in [2.05, 4.69) is 36.4 Å².